The summed E-state index contributed by atoms with van der Waals surface area (Å²) in [6.07, 6.45) is 9.12. The van der Waals surface area contributed by atoms with Crippen molar-refractivity contribution in [2.75, 3.05) is 13.2 Å². The Morgan fingerprint density at radius 3 is 2.22 bits per heavy atom. The van der Waals surface area contributed by atoms with Crippen molar-refractivity contribution in [2.24, 2.45) is 63.1 Å². The molecule has 0 aromatic rings. The normalized spacial score (nSPS) is 50.2. The Morgan fingerprint density at radius 1 is 0.870 bits per heavy atom. The van der Waals surface area contributed by atoms with E-state index in [9.17, 15) is 49.5 Å². The van der Waals surface area contributed by atoms with Crippen LogP contribution < -0.4 is 0 Å². The number of allylic oxidation sites excluding steroid dienone is 5. The largest absolute Gasteiger partial charge is 0.393 e. The van der Waals surface area contributed by atoms with E-state index in [2.05, 4.69) is 6.92 Å². The lowest BCUT2D eigenvalue weighted by Gasteiger charge is -2.60. The van der Waals surface area contributed by atoms with E-state index in [-0.39, 0.29) is 83.5 Å². The number of hydrogen-bond acceptors (Lipinski definition) is 10. The number of ketones is 5. The zero-order valence-electron chi connectivity index (χ0n) is 32.1. The van der Waals surface area contributed by atoms with Crippen LogP contribution in [0.1, 0.15) is 98.8 Å². The lowest BCUT2D eigenvalue weighted by Crippen LogP contribution is -2.63. The minimum absolute atomic E-state index is 0.0988. The van der Waals surface area contributed by atoms with Gasteiger partial charge in [0.05, 0.1) is 6.10 Å². The fourth-order valence-electron chi connectivity index (χ4n) is 14.4. The third kappa shape index (κ3) is 5.09. The number of aliphatic hydroxyl groups excluding tert-OH is 3. The van der Waals surface area contributed by atoms with Crippen LogP contribution in [0.4, 0.5) is 4.39 Å². The average molecular weight is 753 g/mol. The van der Waals surface area contributed by atoms with E-state index in [1.165, 1.54) is 12.2 Å². The molecule has 15 atom stereocenters. The first-order chi connectivity index (χ1) is 25.2. The van der Waals surface area contributed by atoms with Crippen molar-refractivity contribution in [1.82, 2.24) is 0 Å². The molecule has 0 spiro atoms. The van der Waals surface area contributed by atoms with Crippen LogP contribution in [0.25, 0.3) is 0 Å². The van der Waals surface area contributed by atoms with Crippen LogP contribution in [-0.4, -0.2) is 91.1 Å². The zero-order valence-corrected chi connectivity index (χ0v) is 32.1. The molecule has 10 nitrogen and oxygen atoms in total. The number of rotatable bonds is 4. The smallest absolute Gasteiger partial charge is 0.190 e. The Kier molecular flexibility index (Phi) is 9.45. The van der Waals surface area contributed by atoms with Gasteiger partial charge in [-0.05, 0) is 110 Å². The van der Waals surface area contributed by atoms with Crippen LogP contribution in [0.5, 0.6) is 0 Å². The van der Waals surface area contributed by atoms with Crippen molar-refractivity contribution in [3.05, 3.63) is 35.5 Å². The number of Topliss-reactive ketones (excluding diaryl/α,β-unsaturated/α-hetero) is 3. The predicted octanol–water partition coefficient (Wildman–Crippen LogP) is 3.74. The highest BCUT2D eigenvalue weighted by Gasteiger charge is 2.72. The molecule has 11 heteroatoms. The van der Waals surface area contributed by atoms with E-state index in [1.807, 2.05) is 13.8 Å². The second kappa shape index (κ2) is 12.9. The average Bonchev–Trinajstić information content (AvgIpc) is 3.50. The standard InChI is InChI=1S/C22H29FO5.C21H28O5/c1-11-6-14-13-8-16(23)15-7-12(25)4-5-20(15,2)19(13)17(26)9-21(14,3)22(11,28)18(27)10-24;1-19-7-5-13(23)9-12(19)3-4-14-15-6-8-21(26,17(25)11-22)20(15,2)10-16(24)18(14)19/h4-5,7,11,13-14,16-17,19,24,26,28H,6,8-10H2,1-3H3;9,14-15,18,22,26H,3-8,10-11H2,1-2H3/t11-,13+,14+,16+,17+,19-,20+,21+,22+;14-,15-,18+,19-,20-,21-/m10/s1. The maximum atomic E-state index is 15.2. The van der Waals surface area contributed by atoms with Gasteiger partial charge in [-0.1, -0.05) is 46.3 Å². The van der Waals surface area contributed by atoms with Gasteiger partial charge in [-0.25, -0.2) is 4.39 Å². The molecular weight excluding hydrogens is 695 g/mol. The first kappa shape index (κ1) is 39.5. The van der Waals surface area contributed by atoms with Gasteiger partial charge in [0, 0.05) is 40.9 Å². The molecule has 0 bridgehead atoms. The molecule has 0 saturated heterocycles. The summed E-state index contributed by atoms with van der Waals surface area (Å²) in [5.41, 5.74) is -4.56. The summed E-state index contributed by atoms with van der Waals surface area (Å²) < 4.78 is 15.2. The van der Waals surface area contributed by atoms with Gasteiger partial charge in [0.2, 0.25) is 0 Å². The van der Waals surface area contributed by atoms with E-state index in [4.69, 9.17) is 0 Å². The molecule has 54 heavy (non-hydrogen) atoms. The molecule has 0 aromatic heterocycles. The number of halogens is 1. The summed E-state index contributed by atoms with van der Waals surface area (Å²) in [6.45, 7) is 8.02. The number of carbonyl (C=O) groups is 5. The van der Waals surface area contributed by atoms with E-state index >= 15 is 4.39 Å². The molecule has 296 valence electrons. The molecule has 0 aromatic carbocycles. The summed E-state index contributed by atoms with van der Waals surface area (Å²) in [5, 5.41) is 52.5. The van der Waals surface area contributed by atoms with Crippen LogP contribution in [0, 0.1) is 63.1 Å². The third-order valence-corrected chi connectivity index (χ3v) is 17.0. The van der Waals surface area contributed by atoms with E-state index in [0.29, 0.717) is 37.7 Å². The molecular formula is C43H57FO10. The summed E-state index contributed by atoms with van der Waals surface area (Å²) in [4.78, 5) is 61.9. The Hall–Kier alpha value is -2.70. The molecule has 0 amide bonds. The molecule has 0 radical (unpaired) electrons. The maximum Gasteiger partial charge on any atom is 0.190 e. The monoisotopic (exact) mass is 752 g/mol. The lowest BCUT2D eigenvalue weighted by atomic mass is 9.46. The Morgan fingerprint density at radius 2 is 1.56 bits per heavy atom. The predicted molar refractivity (Wildman–Crippen MR) is 194 cm³/mol. The molecule has 5 N–H and O–H groups in total. The van der Waals surface area contributed by atoms with Crippen LogP contribution in [-0.2, 0) is 24.0 Å². The number of alkyl halides is 1. The number of carbonyl (C=O) groups excluding carboxylic acids is 5. The van der Waals surface area contributed by atoms with Crippen molar-refractivity contribution >= 4 is 28.9 Å². The SMILES string of the molecule is C[C@@H]1C[C@H]2[C@@H]3C[C@H](F)C4=CC(=O)C=C[C@]4(C)[C@H]3[C@@H](O)C[C@]2(C)[C@@]1(O)C(=O)CO.C[C@]12CCC(=O)C=C1CC[C@@H]1[C@@H]2C(=O)C[C@@]2(C)[C@H]1CC[C@]2(O)C(=O)CO. The summed E-state index contributed by atoms with van der Waals surface area (Å²) in [5.74, 6) is -2.09. The minimum Gasteiger partial charge on any atom is -0.393 e. The number of aliphatic hydroxyl groups is 5. The van der Waals surface area contributed by atoms with Gasteiger partial charge in [0.25, 0.3) is 0 Å². The second-order valence-corrected chi connectivity index (χ2v) is 19.2. The van der Waals surface area contributed by atoms with E-state index in [0.717, 1.165) is 18.4 Å². The van der Waals surface area contributed by atoms with Crippen LogP contribution >= 0.6 is 0 Å². The molecule has 8 aliphatic rings. The van der Waals surface area contributed by atoms with Gasteiger partial charge >= 0.3 is 0 Å². The molecule has 0 heterocycles. The number of fused-ring (bicyclic) bond motifs is 10. The molecule has 0 aliphatic heterocycles. The zero-order chi connectivity index (χ0) is 39.6. The molecule has 0 unspecified atom stereocenters. The topological polar surface area (TPSA) is 186 Å². The number of hydrogen-bond donors (Lipinski definition) is 5. The summed E-state index contributed by atoms with van der Waals surface area (Å²) in [7, 11) is 0. The van der Waals surface area contributed by atoms with Gasteiger partial charge in [-0.3, -0.25) is 24.0 Å². The summed E-state index contributed by atoms with van der Waals surface area (Å²) >= 11 is 0. The molecule has 6 fully saturated rings. The Balaban J connectivity index is 0.000000167. The Labute approximate surface area is 316 Å². The quantitative estimate of drug-likeness (QED) is 0.283. The van der Waals surface area contributed by atoms with Gasteiger partial charge in [0.1, 0.15) is 36.4 Å². The van der Waals surface area contributed by atoms with E-state index in [1.54, 1.807) is 26.0 Å². The van der Waals surface area contributed by atoms with Gasteiger partial charge < -0.3 is 25.5 Å². The van der Waals surface area contributed by atoms with Crippen LogP contribution in [0.15, 0.2) is 35.5 Å². The highest BCUT2D eigenvalue weighted by Crippen LogP contribution is 2.69. The first-order valence-electron chi connectivity index (χ1n) is 19.9. The second-order valence-electron chi connectivity index (χ2n) is 19.2. The van der Waals surface area contributed by atoms with Gasteiger partial charge in [0.15, 0.2) is 23.1 Å². The van der Waals surface area contributed by atoms with Crippen LogP contribution in [0.3, 0.4) is 0 Å². The van der Waals surface area contributed by atoms with Crippen molar-refractivity contribution in [2.45, 2.75) is 122 Å². The fraction of sp³-hybridized carbons (Fsp3) is 0.744. The Bertz CT molecular complexity index is 1770. The maximum absolute atomic E-state index is 15.2. The first-order valence-corrected chi connectivity index (χ1v) is 19.9. The van der Waals surface area contributed by atoms with E-state index < -0.39 is 64.5 Å². The van der Waals surface area contributed by atoms with Gasteiger partial charge in [-0.15, -0.1) is 0 Å². The van der Waals surface area contributed by atoms with Crippen molar-refractivity contribution in [1.29, 1.82) is 0 Å². The fourth-order valence-corrected chi connectivity index (χ4v) is 14.4. The highest BCUT2D eigenvalue weighted by atomic mass is 19.1. The molecule has 8 aliphatic carbocycles. The summed E-state index contributed by atoms with van der Waals surface area (Å²) in [6, 6.07) is 0. The molecule has 8 rings (SSSR count). The van der Waals surface area contributed by atoms with Crippen LogP contribution in [0.2, 0.25) is 0 Å². The lowest BCUT2D eigenvalue weighted by molar-refractivity contribution is -0.185. The van der Waals surface area contributed by atoms with Crippen molar-refractivity contribution in [3.8, 4) is 0 Å². The van der Waals surface area contributed by atoms with Gasteiger partial charge in [-0.2, -0.15) is 0 Å². The molecule has 6 saturated carbocycles. The minimum atomic E-state index is -1.74. The van der Waals surface area contributed by atoms with Crippen molar-refractivity contribution in [3.63, 3.8) is 0 Å². The third-order valence-electron chi connectivity index (χ3n) is 17.0. The highest BCUT2D eigenvalue weighted by molar-refractivity contribution is 6.01. The van der Waals surface area contributed by atoms with Crippen molar-refractivity contribution < 1.29 is 53.9 Å².